The molecule has 2 N–H and O–H groups in total. The summed E-state index contributed by atoms with van der Waals surface area (Å²) in [6.45, 7) is 3.69. The molecule has 4 nitrogen and oxygen atoms in total. The van der Waals surface area contributed by atoms with Gasteiger partial charge in [-0.15, -0.1) is 0 Å². The number of esters is 1. The summed E-state index contributed by atoms with van der Waals surface area (Å²) in [4.78, 5) is 14.6. The van der Waals surface area contributed by atoms with E-state index in [4.69, 9.17) is 10.5 Å². The Morgan fingerprint density at radius 1 is 0.645 bits per heavy atom. The van der Waals surface area contributed by atoms with Crippen molar-refractivity contribution in [3.63, 3.8) is 0 Å². The van der Waals surface area contributed by atoms with Crippen molar-refractivity contribution in [1.29, 1.82) is 0 Å². The molecule has 0 aliphatic heterocycles. The normalized spacial score (nSPS) is 10.3. The van der Waals surface area contributed by atoms with E-state index in [2.05, 4.69) is 35.7 Å². The van der Waals surface area contributed by atoms with E-state index in [1.165, 1.54) is 0 Å². The minimum Gasteiger partial charge on any atom is -0.423 e. The molecule has 152 valence electrons. The van der Waals surface area contributed by atoms with Crippen LogP contribution in [-0.4, -0.2) is 5.97 Å². The van der Waals surface area contributed by atoms with Gasteiger partial charge in [-0.25, -0.2) is 4.79 Å². The largest absolute Gasteiger partial charge is 0.423 e. The zero-order valence-corrected chi connectivity index (χ0v) is 16.9. The van der Waals surface area contributed by atoms with Gasteiger partial charge >= 0.3 is 5.97 Å². The van der Waals surface area contributed by atoms with Crippen LogP contribution in [-0.2, 0) is 0 Å². The highest BCUT2D eigenvalue weighted by molar-refractivity contribution is 5.91. The third-order valence-electron chi connectivity index (χ3n) is 4.83. The molecule has 0 unspecified atom stereocenters. The van der Waals surface area contributed by atoms with Crippen molar-refractivity contribution in [2.24, 2.45) is 5.73 Å². The molecule has 4 aromatic rings. The average Bonchev–Trinajstić information content (AvgIpc) is 2.82. The highest BCUT2D eigenvalue weighted by atomic mass is 16.5. The van der Waals surface area contributed by atoms with Crippen LogP contribution in [0.2, 0.25) is 0 Å². The van der Waals surface area contributed by atoms with E-state index in [0.29, 0.717) is 17.0 Å². The van der Waals surface area contributed by atoms with Crippen LogP contribution in [0.5, 0.6) is 5.75 Å². The molecule has 0 saturated heterocycles. The van der Waals surface area contributed by atoms with Gasteiger partial charge in [-0.3, -0.25) is 0 Å². The van der Waals surface area contributed by atoms with Crippen LogP contribution in [0.1, 0.15) is 15.9 Å². The molecule has 0 heterocycles. The van der Waals surface area contributed by atoms with Crippen LogP contribution in [0.3, 0.4) is 0 Å². The highest BCUT2D eigenvalue weighted by Gasteiger charge is 2.13. The molecule has 31 heavy (non-hydrogen) atoms. The molecular weight excluding hydrogens is 384 g/mol. The maximum Gasteiger partial charge on any atom is 0.343 e. The quantitative estimate of drug-likeness (QED) is 0.301. The summed E-state index contributed by atoms with van der Waals surface area (Å²) >= 11 is 0. The molecule has 0 atom stereocenters. The fraction of sp³-hybridized carbons (Fsp3) is 0. The van der Waals surface area contributed by atoms with Gasteiger partial charge in [0.1, 0.15) is 5.75 Å². The van der Waals surface area contributed by atoms with Crippen LogP contribution in [0.15, 0.2) is 116 Å². The first kappa shape index (κ1) is 20.0. The van der Waals surface area contributed by atoms with Crippen molar-refractivity contribution in [2.45, 2.75) is 0 Å². The summed E-state index contributed by atoms with van der Waals surface area (Å²) in [5.41, 5.74) is 10.4. The summed E-state index contributed by atoms with van der Waals surface area (Å²) in [6.07, 6.45) is 0. The SMILES string of the molecule is C=C(N)c1ccc(C(=O)Oc2ccc(N(c3ccccc3)c3ccccc3)cc2)cc1. The Kier molecular flexibility index (Phi) is 5.81. The lowest BCUT2D eigenvalue weighted by Gasteiger charge is -2.25. The van der Waals surface area contributed by atoms with E-state index in [1.807, 2.05) is 48.5 Å². The molecule has 0 aliphatic carbocycles. The minimum atomic E-state index is -0.426. The third-order valence-corrected chi connectivity index (χ3v) is 4.83. The van der Waals surface area contributed by atoms with Gasteiger partial charge in [-0.1, -0.05) is 55.1 Å². The number of carbonyl (C=O) groups is 1. The highest BCUT2D eigenvalue weighted by Crippen LogP contribution is 2.34. The lowest BCUT2D eigenvalue weighted by atomic mass is 10.1. The number of nitrogens with zero attached hydrogens (tertiary/aromatic N) is 1. The standard InChI is InChI=1S/C27H22N2O2/c1-20(28)21-12-14-22(15-13-21)27(30)31-26-18-16-25(17-19-26)29(23-8-4-2-5-9-23)24-10-6-3-7-11-24/h2-19H,1,28H2. The Morgan fingerprint density at radius 2 is 1.10 bits per heavy atom. The first-order valence-electron chi connectivity index (χ1n) is 9.89. The molecule has 0 aromatic heterocycles. The number of hydrogen-bond acceptors (Lipinski definition) is 4. The predicted octanol–water partition coefficient (Wildman–Crippen LogP) is 6.31. The molecule has 4 aromatic carbocycles. The summed E-state index contributed by atoms with van der Waals surface area (Å²) in [7, 11) is 0. The molecule has 4 heteroatoms. The van der Waals surface area contributed by atoms with E-state index < -0.39 is 5.97 Å². The first-order chi connectivity index (χ1) is 15.1. The zero-order valence-electron chi connectivity index (χ0n) is 16.9. The van der Waals surface area contributed by atoms with Crippen molar-refractivity contribution in [2.75, 3.05) is 4.90 Å². The Hall–Kier alpha value is -4.31. The zero-order chi connectivity index (χ0) is 21.6. The van der Waals surface area contributed by atoms with Gasteiger partial charge in [-0.05, 0) is 66.2 Å². The number of nitrogens with two attached hydrogens (primary N) is 1. The van der Waals surface area contributed by atoms with Gasteiger partial charge in [-0.2, -0.15) is 0 Å². The molecule has 0 spiro atoms. The third kappa shape index (κ3) is 4.65. The van der Waals surface area contributed by atoms with Crippen molar-refractivity contribution in [3.05, 3.63) is 127 Å². The maximum absolute atomic E-state index is 12.5. The van der Waals surface area contributed by atoms with Crippen molar-refractivity contribution in [1.82, 2.24) is 0 Å². The lowest BCUT2D eigenvalue weighted by molar-refractivity contribution is 0.0735. The predicted molar refractivity (Wildman–Crippen MR) is 126 cm³/mol. The van der Waals surface area contributed by atoms with Crippen LogP contribution in [0.25, 0.3) is 5.70 Å². The first-order valence-corrected chi connectivity index (χ1v) is 9.89. The molecule has 4 rings (SSSR count). The smallest absolute Gasteiger partial charge is 0.343 e. The van der Waals surface area contributed by atoms with Gasteiger partial charge in [0.2, 0.25) is 0 Å². The van der Waals surface area contributed by atoms with Crippen LogP contribution in [0, 0.1) is 0 Å². The number of carbonyl (C=O) groups excluding carboxylic acids is 1. The number of hydrogen-bond donors (Lipinski definition) is 1. The van der Waals surface area contributed by atoms with Crippen molar-refractivity contribution in [3.8, 4) is 5.75 Å². The Bertz CT molecular complexity index is 1130. The van der Waals surface area contributed by atoms with E-state index in [-0.39, 0.29) is 0 Å². The van der Waals surface area contributed by atoms with E-state index >= 15 is 0 Å². The van der Waals surface area contributed by atoms with Crippen LogP contribution in [0.4, 0.5) is 17.1 Å². The number of ether oxygens (including phenoxy) is 1. The summed E-state index contributed by atoms with van der Waals surface area (Å²) < 4.78 is 5.54. The maximum atomic E-state index is 12.5. The average molecular weight is 406 g/mol. The fourth-order valence-corrected chi connectivity index (χ4v) is 3.25. The second-order valence-electron chi connectivity index (χ2n) is 6.99. The number of para-hydroxylation sites is 2. The van der Waals surface area contributed by atoms with E-state index in [0.717, 1.165) is 22.6 Å². The van der Waals surface area contributed by atoms with Gasteiger partial charge in [0.15, 0.2) is 0 Å². The molecular formula is C27H22N2O2. The van der Waals surface area contributed by atoms with E-state index in [9.17, 15) is 4.79 Å². The second-order valence-corrected chi connectivity index (χ2v) is 6.99. The second kappa shape index (κ2) is 9.01. The number of benzene rings is 4. The fourth-order valence-electron chi connectivity index (χ4n) is 3.25. The Labute approximate surface area is 181 Å². The molecule has 0 fully saturated rings. The number of anilines is 3. The molecule has 0 aliphatic rings. The molecule has 0 radical (unpaired) electrons. The van der Waals surface area contributed by atoms with Crippen molar-refractivity contribution >= 4 is 28.7 Å². The summed E-state index contributed by atoms with van der Waals surface area (Å²) in [5, 5.41) is 0. The van der Waals surface area contributed by atoms with Gasteiger partial charge in [0.05, 0.1) is 5.56 Å². The van der Waals surface area contributed by atoms with Gasteiger partial charge < -0.3 is 15.4 Å². The van der Waals surface area contributed by atoms with Crippen molar-refractivity contribution < 1.29 is 9.53 Å². The lowest BCUT2D eigenvalue weighted by Crippen LogP contribution is -2.11. The monoisotopic (exact) mass is 406 g/mol. The minimum absolute atomic E-state index is 0.426. The van der Waals surface area contributed by atoms with Crippen LogP contribution >= 0.6 is 0 Å². The van der Waals surface area contributed by atoms with Crippen LogP contribution < -0.4 is 15.4 Å². The summed E-state index contributed by atoms with van der Waals surface area (Å²) in [5.74, 6) is 0.0482. The summed E-state index contributed by atoms with van der Waals surface area (Å²) in [6, 6.07) is 34.5. The Morgan fingerprint density at radius 3 is 1.58 bits per heavy atom. The molecule has 0 bridgehead atoms. The van der Waals surface area contributed by atoms with E-state index in [1.54, 1.807) is 36.4 Å². The van der Waals surface area contributed by atoms with Gasteiger partial charge in [0.25, 0.3) is 0 Å². The van der Waals surface area contributed by atoms with Gasteiger partial charge in [0, 0.05) is 22.8 Å². The number of rotatable bonds is 6. The Balaban J connectivity index is 1.56. The topological polar surface area (TPSA) is 55.6 Å². The molecule has 0 saturated carbocycles. The molecule has 0 amide bonds.